The van der Waals surface area contributed by atoms with Gasteiger partial charge in [-0.1, -0.05) is 12.2 Å². The van der Waals surface area contributed by atoms with Crippen molar-refractivity contribution in [1.29, 1.82) is 0 Å². The van der Waals surface area contributed by atoms with E-state index in [1.165, 1.54) is 12.8 Å². The van der Waals surface area contributed by atoms with Crippen LogP contribution in [-0.4, -0.2) is 12.2 Å². The van der Waals surface area contributed by atoms with E-state index in [1.807, 2.05) is 0 Å². The van der Waals surface area contributed by atoms with Crippen LogP contribution in [-0.2, 0) is 4.74 Å². The van der Waals surface area contributed by atoms with E-state index in [0.29, 0.717) is 0 Å². The topological polar surface area (TPSA) is 9.23 Å². The fourth-order valence-electron chi connectivity index (χ4n) is 1.63. The average Bonchev–Trinajstić information content (AvgIpc) is 2.25. The lowest BCUT2D eigenvalue weighted by Crippen LogP contribution is -2.26. The molecule has 0 bridgehead atoms. The largest absolute Gasteiger partial charge is 0.375 e. The van der Waals surface area contributed by atoms with Crippen molar-refractivity contribution in [2.24, 2.45) is 5.92 Å². The van der Waals surface area contributed by atoms with Gasteiger partial charge >= 0.3 is 0 Å². The van der Waals surface area contributed by atoms with Crippen LogP contribution in [0, 0.1) is 5.92 Å². The third-order valence-corrected chi connectivity index (χ3v) is 2.58. The molecule has 1 nitrogen and oxygen atoms in total. The molecule has 0 aromatic carbocycles. The van der Waals surface area contributed by atoms with Crippen molar-refractivity contribution in [3.8, 4) is 0 Å². The summed E-state index contributed by atoms with van der Waals surface area (Å²) in [5.74, 6) is 0.721. The molecule has 1 fully saturated rings. The second-order valence-electron chi connectivity index (χ2n) is 3.74. The maximum Gasteiger partial charge on any atom is 0.0658 e. The predicted molar refractivity (Wildman–Crippen MR) is 47.6 cm³/mol. The molecule has 1 heterocycles. The minimum absolute atomic E-state index is 0.111. The van der Waals surface area contributed by atoms with Crippen molar-refractivity contribution in [3.05, 3.63) is 12.2 Å². The van der Waals surface area contributed by atoms with Gasteiger partial charge in [0.15, 0.2) is 0 Å². The van der Waals surface area contributed by atoms with Gasteiger partial charge < -0.3 is 4.74 Å². The SMILES string of the molecule is CC=CCC1CCOC1(C)C. The van der Waals surface area contributed by atoms with Crippen molar-refractivity contribution in [2.45, 2.75) is 39.2 Å². The van der Waals surface area contributed by atoms with E-state index in [-0.39, 0.29) is 5.60 Å². The summed E-state index contributed by atoms with van der Waals surface area (Å²) in [4.78, 5) is 0. The number of hydrogen-bond donors (Lipinski definition) is 0. The number of ether oxygens (including phenoxy) is 1. The first-order valence-corrected chi connectivity index (χ1v) is 4.42. The Morgan fingerprint density at radius 2 is 2.27 bits per heavy atom. The molecule has 0 aliphatic carbocycles. The summed E-state index contributed by atoms with van der Waals surface area (Å²) in [5, 5.41) is 0. The van der Waals surface area contributed by atoms with Crippen LogP contribution in [0.5, 0.6) is 0 Å². The molecular weight excluding hydrogens is 136 g/mol. The van der Waals surface area contributed by atoms with Crippen molar-refractivity contribution in [1.82, 2.24) is 0 Å². The molecule has 0 aromatic heterocycles. The summed E-state index contributed by atoms with van der Waals surface area (Å²) < 4.78 is 5.62. The maximum atomic E-state index is 5.62. The van der Waals surface area contributed by atoms with Crippen LogP contribution in [0.3, 0.4) is 0 Å². The van der Waals surface area contributed by atoms with Gasteiger partial charge in [-0.2, -0.15) is 0 Å². The zero-order valence-electron chi connectivity index (χ0n) is 7.76. The van der Waals surface area contributed by atoms with Crippen molar-refractivity contribution in [3.63, 3.8) is 0 Å². The molecule has 1 rings (SSSR count). The highest BCUT2D eigenvalue weighted by atomic mass is 16.5. The Labute approximate surface area is 69.4 Å². The minimum Gasteiger partial charge on any atom is -0.375 e. The molecule has 0 N–H and O–H groups in total. The summed E-state index contributed by atoms with van der Waals surface area (Å²) >= 11 is 0. The number of hydrogen-bond acceptors (Lipinski definition) is 1. The Morgan fingerprint density at radius 3 is 2.73 bits per heavy atom. The third-order valence-electron chi connectivity index (χ3n) is 2.58. The standard InChI is InChI=1S/C10H18O/c1-4-5-6-9-7-8-11-10(9,2)3/h4-5,9H,6-8H2,1-3H3. The molecular formula is C10H18O. The molecule has 1 heteroatoms. The normalized spacial score (nSPS) is 29.9. The third kappa shape index (κ3) is 2.06. The lowest BCUT2D eigenvalue weighted by Gasteiger charge is -2.24. The van der Waals surface area contributed by atoms with E-state index in [4.69, 9.17) is 4.74 Å². The molecule has 1 aliphatic heterocycles. The van der Waals surface area contributed by atoms with Gasteiger partial charge in [0, 0.05) is 6.61 Å². The lowest BCUT2D eigenvalue weighted by molar-refractivity contribution is 0.0118. The van der Waals surface area contributed by atoms with Crippen LogP contribution < -0.4 is 0 Å². The highest BCUT2D eigenvalue weighted by Crippen LogP contribution is 2.33. The summed E-state index contributed by atoms with van der Waals surface area (Å²) in [6.45, 7) is 7.39. The predicted octanol–water partition coefficient (Wildman–Crippen LogP) is 2.77. The van der Waals surface area contributed by atoms with E-state index in [0.717, 1.165) is 12.5 Å². The first-order chi connectivity index (χ1) is 5.17. The summed E-state index contributed by atoms with van der Waals surface area (Å²) in [7, 11) is 0. The molecule has 0 amide bonds. The second kappa shape index (κ2) is 3.40. The molecule has 11 heavy (non-hydrogen) atoms. The van der Waals surface area contributed by atoms with E-state index < -0.39 is 0 Å². The zero-order chi connectivity index (χ0) is 8.32. The van der Waals surface area contributed by atoms with E-state index in [2.05, 4.69) is 32.9 Å². The van der Waals surface area contributed by atoms with Crippen molar-refractivity contribution < 1.29 is 4.74 Å². The molecule has 0 radical (unpaired) electrons. The highest BCUT2D eigenvalue weighted by Gasteiger charge is 2.34. The van der Waals surface area contributed by atoms with E-state index in [1.54, 1.807) is 0 Å². The van der Waals surface area contributed by atoms with Gasteiger partial charge in [-0.3, -0.25) is 0 Å². The first-order valence-electron chi connectivity index (χ1n) is 4.42. The number of rotatable bonds is 2. The van der Waals surface area contributed by atoms with Gasteiger partial charge in [-0.25, -0.2) is 0 Å². The Kier molecular flexibility index (Phi) is 2.72. The maximum absolute atomic E-state index is 5.62. The molecule has 1 unspecified atom stereocenters. The monoisotopic (exact) mass is 154 g/mol. The van der Waals surface area contributed by atoms with E-state index in [9.17, 15) is 0 Å². The van der Waals surface area contributed by atoms with Crippen LogP contribution in [0.1, 0.15) is 33.6 Å². The van der Waals surface area contributed by atoms with Gasteiger partial charge in [0.2, 0.25) is 0 Å². The van der Waals surface area contributed by atoms with Gasteiger partial charge in [0.25, 0.3) is 0 Å². The Balaban J connectivity index is 2.44. The Morgan fingerprint density at radius 1 is 1.55 bits per heavy atom. The van der Waals surface area contributed by atoms with Crippen molar-refractivity contribution in [2.75, 3.05) is 6.61 Å². The van der Waals surface area contributed by atoms with Gasteiger partial charge in [0.1, 0.15) is 0 Å². The lowest BCUT2D eigenvalue weighted by atomic mass is 9.88. The van der Waals surface area contributed by atoms with Crippen LogP contribution in [0.2, 0.25) is 0 Å². The molecule has 1 atom stereocenters. The smallest absolute Gasteiger partial charge is 0.0658 e. The molecule has 64 valence electrons. The summed E-state index contributed by atoms with van der Waals surface area (Å²) in [6.07, 6.45) is 6.75. The second-order valence-corrected chi connectivity index (χ2v) is 3.74. The highest BCUT2D eigenvalue weighted by molar-refractivity contribution is 4.91. The fraction of sp³-hybridized carbons (Fsp3) is 0.800. The van der Waals surface area contributed by atoms with Crippen LogP contribution in [0.15, 0.2) is 12.2 Å². The fourth-order valence-corrected chi connectivity index (χ4v) is 1.63. The average molecular weight is 154 g/mol. The van der Waals surface area contributed by atoms with Gasteiger partial charge in [-0.15, -0.1) is 0 Å². The summed E-state index contributed by atoms with van der Waals surface area (Å²) in [6, 6.07) is 0. The summed E-state index contributed by atoms with van der Waals surface area (Å²) in [5.41, 5.74) is 0.111. The number of allylic oxidation sites excluding steroid dienone is 2. The van der Waals surface area contributed by atoms with E-state index >= 15 is 0 Å². The zero-order valence-corrected chi connectivity index (χ0v) is 7.76. The van der Waals surface area contributed by atoms with Crippen molar-refractivity contribution >= 4 is 0 Å². The first kappa shape index (κ1) is 8.79. The van der Waals surface area contributed by atoms with Crippen LogP contribution in [0.25, 0.3) is 0 Å². The molecule has 1 aliphatic rings. The molecule has 0 spiro atoms. The molecule has 0 saturated carbocycles. The Hall–Kier alpha value is -0.300. The van der Waals surface area contributed by atoms with Crippen LogP contribution >= 0.6 is 0 Å². The van der Waals surface area contributed by atoms with Gasteiger partial charge in [-0.05, 0) is 39.5 Å². The van der Waals surface area contributed by atoms with Crippen LogP contribution in [0.4, 0.5) is 0 Å². The Bertz CT molecular complexity index is 147. The quantitative estimate of drug-likeness (QED) is 0.556. The van der Waals surface area contributed by atoms with Gasteiger partial charge in [0.05, 0.1) is 5.60 Å². The molecule has 1 saturated heterocycles. The minimum atomic E-state index is 0.111. The molecule has 0 aromatic rings.